The molecule has 0 saturated carbocycles. The van der Waals surface area contributed by atoms with E-state index in [1.807, 2.05) is 32.0 Å². The van der Waals surface area contributed by atoms with Crippen LogP contribution in [0.25, 0.3) is 0 Å². The molecule has 0 fully saturated rings. The molecule has 0 aliphatic heterocycles. The molecule has 5 heteroatoms. The molecule has 2 N–H and O–H groups in total. The van der Waals surface area contributed by atoms with Crippen molar-refractivity contribution in [3.05, 3.63) is 52.3 Å². The Hall–Kier alpha value is -1.88. The van der Waals surface area contributed by atoms with E-state index < -0.39 is 0 Å². The Labute approximate surface area is 126 Å². The summed E-state index contributed by atoms with van der Waals surface area (Å²) in [6.45, 7) is 4.72. The van der Waals surface area contributed by atoms with Crippen LogP contribution in [0.4, 0.5) is 11.4 Å². The second-order valence-electron chi connectivity index (χ2n) is 4.37. The van der Waals surface area contributed by atoms with Crippen LogP contribution in [-0.4, -0.2) is 17.4 Å². The number of amides is 1. The van der Waals surface area contributed by atoms with Crippen LogP contribution in [0, 0.1) is 6.92 Å². The van der Waals surface area contributed by atoms with Crippen LogP contribution in [-0.2, 0) is 0 Å². The molecule has 0 bridgehead atoms. The lowest BCUT2D eigenvalue weighted by Gasteiger charge is -2.11. The van der Waals surface area contributed by atoms with Gasteiger partial charge >= 0.3 is 0 Å². The zero-order valence-electron chi connectivity index (χ0n) is 11.4. The summed E-state index contributed by atoms with van der Waals surface area (Å²) in [6.07, 6.45) is 3.23. The summed E-state index contributed by atoms with van der Waals surface area (Å²) >= 11 is 3.44. The molecular weight excluding hydrogens is 318 g/mol. The highest BCUT2D eigenvalue weighted by Gasteiger charge is 2.11. The first kappa shape index (κ1) is 14.5. The van der Waals surface area contributed by atoms with Crippen molar-refractivity contribution in [1.82, 2.24) is 4.98 Å². The minimum Gasteiger partial charge on any atom is -0.385 e. The zero-order valence-corrected chi connectivity index (χ0v) is 13.0. The maximum absolute atomic E-state index is 12.3. The summed E-state index contributed by atoms with van der Waals surface area (Å²) in [5, 5.41) is 6.04. The van der Waals surface area contributed by atoms with Crippen LogP contribution < -0.4 is 10.6 Å². The second-order valence-corrected chi connectivity index (χ2v) is 5.22. The number of hydrogen-bond donors (Lipinski definition) is 2. The maximum Gasteiger partial charge on any atom is 0.259 e. The lowest BCUT2D eigenvalue weighted by molar-refractivity contribution is 0.102. The van der Waals surface area contributed by atoms with Crippen LogP contribution in [0.2, 0.25) is 0 Å². The van der Waals surface area contributed by atoms with Crippen LogP contribution in [0.3, 0.4) is 0 Å². The van der Waals surface area contributed by atoms with Gasteiger partial charge in [0.05, 0.1) is 11.3 Å². The van der Waals surface area contributed by atoms with Crippen molar-refractivity contribution in [3.63, 3.8) is 0 Å². The number of nitrogens with one attached hydrogen (secondary N) is 2. The summed E-state index contributed by atoms with van der Waals surface area (Å²) < 4.78 is 1.02. The Kier molecular flexibility index (Phi) is 4.74. The highest BCUT2D eigenvalue weighted by molar-refractivity contribution is 9.10. The van der Waals surface area contributed by atoms with Gasteiger partial charge in [0, 0.05) is 29.1 Å². The van der Waals surface area contributed by atoms with Crippen molar-refractivity contribution in [2.75, 3.05) is 17.2 Å². The number of halogens is 1. The van der Waals surface area contributed by atoms with Crippen molar-refractivity contribution in [2.45, 2.75) is 13.8 Å². The van der Waals surface area contributed by atoms with E-state index in [1.165, 1.54) is 0 Å². The van der Waals surface area contributed by atoms with Crippen LogP contribution in [0.5, 0.6) is 0 Å². The highest BCUT2D eigenvalue weighted by atomic mass is 79.9. The molecule has 0 spiro atoms. The number of nitrogens with zero attached hydrogens (tertiary/aromatic N) is 1. The number of carbonyl (C=O) groups excluding carboxylic acids is 1. The average molecular weight is 334 g/mol. The smallest absolute Gasteiger partial charge is 0.259 e. The van der Waals surface area contributed by atoms with Crippen molar-refractivity contribution in [3.8, 4) is 0 Å². The van der Waals surface area contributed by atoms with Gasteiger partial charge in [0.25, 0.3) is 5.91 Å². The molecule has 20 heavy (non-hydrogen) atoms. The van der Waals surface area contributed by atoms with Gasteiger partial charge < -0.3 is 10.6 Å². The largest absolute Gasteiger partial charge is 0.385 e. The normalized spacial score (nSPS) is 10.2. The van der Waals surface area contributed by atoms with Gasteiger partial charge in [-0.25, -0.2) is 0 Å². The summed E-state index contributed by atoms with van der Waals surface area (Å²) in [7, 11) is 0. The first-order chi connectivity index (χ1) is 9.61. The number of rotatable bonds is 4. The average Bonchev–Trinajstić information content (AvgIpc) is 2.44. The minimum absolute atomic E-state index is 0.171. The van der Waals surface area contributed by atoms with Crippen LogP contribution >= 0.6 is 15.9 Å². The molecule has 0 aliphatic carbocycles. The Morgan fingerprint density at radius 3 is 2.85 bits per heavy atom. The van der Waals surface area contributed by atoms with Gasteiger partial charge in [-0.3, -0.25) is 9.78 Å². The summed E-state index contributed by atoms with van der Waals surface area (Å²) in [4.78, 5) is 16.3. The van der Waals surface area contributed by atoms with Crippen molar-refractivity contribution in [1.29, 1.82) is 0 Å². The lowest BCUT2D eigenvalue weighted by atomic mass is 10.2. The number of carbonyl (C=O) groups is 1. The Balaban J connectivity index is 2.21. The fourth-order valence-corrected chi connectivity index (χ4v) is 2.09. The van der Waals surface area contributed by atoms with E-state index in [4.69, 9.17) is 0 Å². The third-order valence-corrected chi connectivity index (χ3v) is 3.74. The first-order valence-electron chi connectivity index (χ1n) is 6.37. The third-order valence-electron chi connectivity index (χ3n) is 2.85. The van der Waals surface area contributed by atoms with Gasteiger partial charge in [0.2, 0.25) is 0 Å². The second kappa shape index (κ2) is 6.52. The van der Waals surface area contributed by atoms with Gasteiger partial charge in [0.15, 0.2) is 0 Å². The molecule has 0 atom stereocenters. The third kappa shape index (κ3) is 3.36. The molecule has 0 aliphatic rings. The summed E-state index contributed by atoms with van der Waals surface area (Å²) in [5.74, 6) is -0.171. The number of pyridine rings is 1. The van der Waals surface area contributed by atoms with E-state index in [0.717, 1.165) is 28.0 Å². The number of aromatic nitrogens is 1. The van der Waals surface area contributed by atoms with Crippen molar-refractivity contribution in [2.24, 2.45) is 0 Å². The van der Waals surface area contributed by atoms with E-state index in [2.05, 4.69) is 31.5 Å². The molecule has 2 rings (SSSR count). The van der Waals surface area contributed by atoms with Gasteiger partial charge in [-0.1, -0.05) is 15.9 Å². The highest BCUT2D eigenvalue weighted by Crippen LogP contribution is 2.21. The molecule has 1 aromatic heterocycles. The molecular formula is C15H16BrN3O. The predicted octanol–water partition coefficient (Wildman–Crippen LogP) is 3.84. The number of aryl methyl sites for hydroxylation is 1. The SMILES string of the molecule is CCNc1ccncc1C(=O)Nc1ccc(Br)c(C)c1. The first-order valence-corrected chi connectivity index (χ1v) is 7.16. The van der Waals surface area contributed by atoms with E-state index in [9.17, 15) is 4.79 Å². The monoisotopic (exact) mass is 333 g/mol. The topological polar surface area (TPSA) is 54.0 Å². The molecule has 1 amide bonds. The predicted molar refractivity (Wildman–Crippen MR) is 85.2 cm³/mol. The molecule has 1 aromatic carbocycles. The molecule has 1 heterocycles. The van der Waals surface area contributed by atoms with Gasteiger partial charge in [-0.15, -0.1) is 0 Å². The lowest BCUT2D eigenvalue weighted by Crippen LogP contribution is -2.15. The zero-order chi connectivity index (χ0) is 14.5. The molecule has 0 unspecified atom stereocenters. The van der Waals surface area contributed by atoms with E-state index >= 15 is 0 Å². The summed E-state index contributed by atoms with van der Waals surface area (Å²) in [5.41, 5.74) is 3.16. The Morgan fingerprint density at radius 1 is 1.35 bits per heavy atom. The fourth-order valence-electron chi connectivity index (χ4n) is 1.84. The fraction of sp³-hybridized carbons (Fsp3) is 0.200. The van der Waals surface area contributed by atoms with Crippen LogP contribution in [0.1, 0.15) is 22.8 Å². The Bertz CT molecular complexity index is 628. The van der Waals surface area contributed by atoms with E-state index in [-0.39, 0.29) is 5.91 Å². The molecule has 2 aromatic rings. The molecule has 104 valence electrons. The quantitative estimate of drug-likeness (QED) is 0.893. The molecule has 0 saturated heterocycles. The minimum atomic E-state index is -0.171. The molecule has 4 nitrogen and oxygen atoms in total. The van der Waals surface area contributed by atoms with Gasteiger partial charge in [-0.2, -0.15) is 0 Å². The standard InChI is InChI=1S/C15H16BrN3O/c1-3-18-14-6-7-17-9-12(14)15(20)19-11-4-5-13(16)10(2)8-11/h4-9H,3H2,1-2H3,(H,17,18)(H,19,20). The maximum atomic E-state index is 12.3. The van der Waals surface area contributed by atoms with Crippen molar-refractivity contribution < 1.29 is 4.79 Å². The van der Waals surface area contributed by atoms with E-state index in [1.54, 1.807) is 18.5 Å². The van der Waals surface area contributed by atoms with Gasteiger partial charge in [0.1, 0.15) is 0 Å². The number of hydrogen-bond acceptors (Lipinski definition) is 3. The van der Waals surface area contributed by atoms with Crippen LogP contribution in [0.15, 0.2) is 41.1 Å². The number of anilines is 2. The van der Waals surface area contributed by atoms with Crippen molar-refractivity contribution >= 4 is 33.2 Å². The number of benzene rings is 1. The van der Waals surface area contributed by atoms with Gasteiger partial charge in [-0.05, 0) is 43.7 Å². The van der Waals surface area contributed by atoms with E-state index in [0.29, 0.717) is 5.56 Å². The Morgan fingerprint density at radius 2 is 2.15 bits per heavy atom. The molecule has 0 radical (unpaired) electrons. The summed E-state index contributed by atoms with van der Waals surface area (Å²) in [6, 6.07) is 7.49.